The van der Waals surface area contributed by atoms with Gasteiger partial charge in [-0.05, 0) is 64.2 Å². The smallest absolute Gasteiger partial charge is 0.306 e. The molecule has 6 nitrogen and oxygen atoms in total. The average Bonchev–Trinajstić information content (AvgIpc) is 3.34. The fourth-order valence-electron chi connectivity index (χ4n) is 7.93. The van der Waals surface area contributed by atoms with Gasteiger partial charge in [-0.3, -0.25) is 14.4 Å². The number of carbonyl (C=O) groups excluding carboxylic acids is 3. The average molecular weight is 948 g/mol. The lowest BCUT2D eigenvalue weighted by atomic mass is 10.0. The molecule has 0 aliphatic heterocycles. The number of carbonyl (C=O) groups is 3. The lowest BCUT2D eigenvalue weighted by Gasteiger charge is -2.18. The highest BCUT2D eigenvalue weighted by atomic mass is 16.6. The van der Waals surface area contributed by atoms with E-state index in [1.165, 1.54) is 135 Å². The van der Waals surface area contributed by atoms with Crippen LogP contribution in [0.2, 0.25) is 0 Å². The summed E-state index contributed by atoms with van der Waals surface area (Å²) in [6.45, 7) is 6.52. The van der Waals surface area contributed by atoms with Gasteiger partial charge in [-0.25, -0.2) is 0 Å². The second-order valence-electron chi connectivity index (χ2n) is 19.0. The molecule has 0 heterocycles. The lowest BCUT2D eigenvalue weighted by Crippen LogP contribution is -2.30. The maximum absolute atomic E-state index is 12.8. The van der Waals surface area contributed by atoms with Crippen molar-refractivity contribution in [2.45, 2.75) is 277 Å². The van der Waals surface area contributed by atoms with Crippen LogP contribution in [-0.2, 0) is 28.6 Å². The Labute approximate surface area is 420 Å². The third-order valence-corrected chi connectivity index (χ3v) is 12.3. The van der Waals surface area contributed by atoms with Gasteiger partial charge in [0.2, 0.25) is 0 Å². The zero-order valence-electron chi connectivity index (χ0n) is 44.6. The second kappa shape index (κ2) is 56.2. The molecule has 0 saturated carbocycles. The Balaban J connectivity index is 4.47. The maximum Gasteiger partial charge on any atom is 0.306 e. The zero-order valence-corrected chi connectivity index (χ0v) is 44.6. The molecule has 0 aromatic rings. The topological polar surface area (TPSA) is 78.9 Å². The highest BCUT2D eigenvalue weighted by Gasteiger charge is 2.19. The molecule has 390 valence electrons. The van der Waals surface area contributed by atoms with Crippen molar-refractivity contribution in [3.05, 3.63) is 85.1 Å². The Hall–Kier alpha value is -3.41. The van der Waals surface area contributed by atoms with Crippen molar-refractivity contribution < 1.29 is 28.6 Å². The molecule has 0 aliphatic rings. The Kier molecular flexibility index (Phi) is 53.4. The van der Waals surface area contributed by atoms with Gasteiger partial charge in [0, 0.05) is 19.3 Å². The molecule has 68 heavy (non-hydrogen) atoms. The molecule has 0 radical (unpaired) electrons. The van der Waals surface area contributed by atoms with E-state index in [1.54, 1.807) is 0 Å². The van der Waals surface area contributed by atoms with Crippen LogP contribution in [0, 0.1) is 0 Å². The summed E-state index contributed by atoms with van der Waals surface area (Å²) in [5.41, 5.74) is 0. The van der Waals surface area contributed by atoms with Crippen molar-refractivity contribution in [2.24, 2.45) is 0 Å². The van der Waals surface area contributed by atoms with Crippen molar-refractivity contribution in [2.75, 3.05) is 13.2 Å². The summed E-state index contributed by atoms with van der Waals surface area (Å²) < 4.78 is 16.8. The standard InChI is InChI=1S/C62H106O6/c1-4-7-10-13-16-19-22-25-28-31-32-35-37-40-43-46-49-52-55-61(64)67-58-59(68-62(65)56-53-50-47-44-41-38-34-30-27-24-21-18-15-12-9-6-3)57-66-60(63)54-51-48-45-42-39-36-33-29-26-23-20-17-14-11-8-5-2/h10,13,16,19,22,25,28,30-32,34-35,38,41,59H,4-9,11-12,14-15,17-18,20-21,23-24,26-27,29,33,36-37,39-40,42-58H2,1-3H3/b13-10-,19-16-,25-22-,31-28-,34-30-,35-32-,41-38-. The third kappa shape index (κ3) is 53.5. The van der Waals surface area contributed by atoms with Gasteiger partial charge in [0.15, 0.2) is 6.10 Å². The first-order valence-electron chi connectivity index (χ1n) is 28.7. The van der Waals surface area contributed by atoms with E-state index in [4.69, 9.17) is 14.2 Å². The van der Waals surface area contributed by atoms with Crippen LogP contribution in [0.25, 0.3) is 0 Å². The molecule has 6 heteroatoms. The van der Waals surface area contributed by atoms with Gasteiger partial charge in [0.05, 0.1) is 0 Å². The number of unbranched alkanes of at least 4 members (excludes halogenated alkanes) is 31. The lowest BCUT2D eigenvalue weighted by molar-refractivity contribution is -0.167. The summed E-state index contributed by atoms with van der Waals surface area (Å²) in [6.07, 6.45) is 72.8. The van der Waals surface area contributed by atoms with Gasteiger partial charge in [0.1, 0.15) is 13.2 Å². The first-order chi connectivity index (χ1) is 33.5. The fraction of sp³-hybridized carbons (Fsp3) is 0.726. The molecule has 0 rings (SSSR count). The minimum absolute atomic E-state index is 0.0940. The van der Waals surface area contributed by atoms with Crippen LogP contribution in [0.1, 0.15) is 271 Å². The van der Waals surface area contributed by atoms with E-state index in [9.17, 15) is 14.4 Å². The van der Waals surface area contributed by atoms with Gasteiger partial charge in [-0.1, -0.05) is 273 Å². The summed E-state index contributed by atoms with van der Waals surface area (Å²) in [5.74, 6) is -0.939. The molecule has 0 aromatic carbocycles. The SMILES string of the molecule is CCC\C=C/C=C\C=C/C=C\C=C/CCCCCCCC(=O)OCC(COC(=O)CCCCCCCCCCCCCCCCCC)OC(=O)CCCCC/C=C\C=C/CCCCCCCCC. The summed E-state index contributed by atoms with van der Waals surface area (Å²) >= 11 is 0. The summed E-state index contributed by atoms with van der Waals surface area (Å²) in [5, 5.41) is 0. The molecular formula is C62H106O6. The molecule has 0 amide bonds. The highest BCUT2D eigenvalue weighted by Crippen LogP contribution is 2.16. The van der Waals surface area contributed by atoms with E-state index in [1.807, 2.05) is 24.3 Å². The minimum atomic E-state index is -0.800. The predicted octanol–water partition coefficient (Wildman–Crippen LogP) is 19.2. The van der Waals surface area contributed by atoms with Gasteiger partial charge in [0.25, 0.3) is 0 Å². The number of ether oxygens (including phenoxy) is 3. The van der Waals surface area contributed by atoms with Crippen LogP contribution < -0.4 is 0 Å². The van der Waals surface area contributed by atoms with Crippen molar-refractivity contribution in [3.63, 3.8) is 0 Å². The molecule has 0 saturated heterocycles. The monoisotopic (exact) mass is 947 g/mol. The number of allylic oxidation sites excluding steroid dienone is 14. The van der Waals surface area contributed by atoms with E-state index in [0.717, 1.165) is 96.3 Å². The molecular weight excluding hydrogens is 841 g/mol. The quantitative estimate of drug-likeness (QED) is 0.0262. The second-order valence-corrected chi connectivity index (χ2v) is 19.0. The molecule has 0 fully saturated rings. The van der Waals surface area contributed by atoms with Gasteiger partial charge in [-0.15, -0.1) is 0 Å². The van der Waals surface area contributed by atoms with E-state index < -0.39 is 6.10 Å². The largest absolute Gasteiger partial charge is 0.462 e. The number of hydrogen-bond acceptors (Lipinski definition) is 6. The molecule has 0 aliphatic carbocycles. The van der Waals surface area contributed by atoms with E-state index >= 15 is 0 Å². The third-order valence-electron chi connectivity index (χ3n) is 12.3. The Morgan fingerprint density at radius 3 is 0.912 bits per heavy atom. The minimum Gasteiger partial charge on any atom is -0.462 e. The summed E-state index contributed by atoms with van der Waals surface area (Å²) in [6, 6.07) is 0. The van der Waals surface area contributed by atoms with Crippen molar-refractivity contribution in [1.29, 1.82) is 0 Å². The van der Waals surface area contributed by atoms with Gasteiger partial charge in [-0.2, -0.15) is 0 Å². The molecule has 1 atom stereocenters. The summed E-state index contributed by atoms with van der Waals surface area (Å²) in [7, 11) is 0. The summed E-state index contributed by atoms with van der Waals surface area (Å²) in [4.78, 5) is 38.1. The number of hydrogen-bond donors (Lipinski definition) is 0. The normalized spacial score (nSPS) is 12.7. The van der Waals surface area contributed by atoms with Crippen LogP contribution in [0.15, 0.2) is 85.1 Å². The first kappa shape index (κ1) is 64.6. The van der Waals surface area contributed by atoms with Crippen LogP contribution in [0.4, 0.5) is 0 Å². The van der Waals surface area contributed by atoms with Crippen molar-refractivity contribution in [3.8, 4) is 0 Å². The molecule has 0 bridgehead atoms. The van der Waals surface area contributed by atoms with Gasteiger partial charge < -0.3 is 14.2 Å². The van der Waals surface area contributed by atoms with Crippen LogP contribution >= 0.6 is 0 Å². The van der Waals surface area contributed by atoms with E-state index in [0.29, 0.717) is 19.3 Å². The molecule has 0 N–H and O–H groups in total. The van der Waals surface area contributed by atoms with Gasteiger partial charge >= 0.3 is 17.9 Å². The van der Waals surface area contributed by atoms with Crippen molar-refractivity contribution in [1.82, 2.24) is 0 Å². The number of rotatable bonds is 51. The van der Waals surface area contributed by atoms with E-state index in [2.05, 4.69) is 81.5 Å². The molecule has 1 unspecified atom stereocenters. The van der Waals surface area contributed by atoms with Crippen molar-refractivity contribution >= 4 is 17.9 Å². The number of esters is 3. The highest BCUT2D eigenvalue weighted by molar-refractivity contribution is 5.71. The molecule has 0 aromatic heterocycles. The predicted molar refractivity (Wildman–Crippen MR) is 293 cm³/mol. The Morgan fingerprint density at radius 2 is 0.559 bits per heavy atom. The van der Waals surface area contributed by atoms with E-state index in [-0.39, 0.29) is 31.1 Å². The van der Waals surface area contributed by atoms with Crippen LogP contribution in [0.5, 0.6) is 0 Å². The maximum atomic E-state index is 12.8. The molecule has 0 spiro atoms. The Morgan fingerprint density at radius 1 is 0.294 bits per heavy atom. The Bertz CT molecular complexity index is 1320. The van der Waals surface area contributed by atoms with Crippen LogP contribution in [0.3, 0.4) is 0 Å². The first-order valence-corrected chi connectivity index (χ1v) is 28.7. The van der Waals surface area contributed by atoms with Crippen LogP contribution in [-0.4, -0.2) is 37.2 Å². The fourth-order valence-corrected chi connectivity index (χ4v) is 7.93. The zero-order chi connectivity index (χ0) is 49.3.